The number of hydrogen-bond acceptors (Lipinski definition) is 7. The van der Waals surface area contributed by atoms with Gasteiger partial charge in [-0.3, -0.25) is 9.69 Å². The number of esters is 1. The minimum atomic E-state index is -0.213. The maximum atomic E-state index is 11.7. The number of halogens is 1. The molecule has 0 bridgehead atoms. The van der Waals surface area contributed by atoms with Gasteiger partial charge in [0.25, 0.3) is 0 Å². The molecule has 1 saturated carbocycles. The van der Waals surface area contributed by atoms with E-state index in [1.165, 1.54) is 12.8 Å². The van der Waals surface area contributed by atoms with E-state index in [2.05, 4.69) is 26.1 Å². The van der Waals surface area contributed by atoms with E-state index in [4.69, 9.17) is 9.26 Å². The van der Waals surface area contributed by atoms with Gasteiger partial charge >= 0.3 is 5.97 Å². The first-order valence-electron chi connectivity index (χ1n) is 7.60. The lowest BCUT2D eigenvalue weighted by Gasteiger charge is -2.18. The molecule has 2 heterocycles. The van der Waals surface area contributed by atoms with Crippen molar-refractivity contribution in [3.05, 3.63) is 21.8 Å². The van der Waals surface area contributed by atoms with Crippen LogP contribution in [0.15, 0.2) is 20.4 Å². The molecule has 2 aromatic heterocycles. The van der Waals surface area contributed by atoms with Crippen LogP contribution in [0.5, 0.6) is 0 Å². The fourth-order valence-corrected chi connectivity index (χ4v) is 3.60. The predicted octanol–water partition coefficient (Wildman–Crippen LogP) is 3.34. The third kappa shape index (κ3) is 4.86. The van der Waals surface area contributed by atoms with Crippen LogP contribution < -0.4 is 0 Å². The highest BCUT2D eigenvalue weighted by molar-refractivity contribution is 9.11. The summed E-state index contributed by atoms with van der Waals surface area (Å²) in [4.78, 5) is 19.1. The second-order valence-electron chi connectivity index (χ2n) is 5.53. The molecule has 0 spiro atoms. The normalized spacial score (nSPS) is 14.4. The Balaban J connectivity index is 1.64. The van der Waals surface area contributed by atoms with Gasteiger partial charge in [0.05, 0.1) is 28.4 Å². The molecule has 1 aliphatic rings. The average Bonchev–Trinajstić information content (AvgIpc) is 3.01. The van der Waals surface area contributed by atoms with E-state index in [1.54, 1.807) is 11.3 Å². The third-order valence-corrected chi connectivity index (χ3v) is 5.11. The molecule has 0 unspecified atom stereocenters. The quantitative estimate of drug-likeness (QED) is 0.634. The van der Waals surface area contributed by atoms with Crippen LogP contribution in [0.25, 0.3) is 10.7 Å². The summed E-state index contributed by atoms with van der Waals surface area (Å²) >= 11 is 4.98. The Morgan fingerprint density at radius 1 is 1.52 bits per heavy atom. The Bertz CT molecular complexity index is 668. The predicted molar refractivity (Wildman–Crippen MR) is 89.9 cm³/mol. The Kier molecular flexibility index (Phi) is 5.45. The monoisotopic (exact) mass is 399 g/mol. The van der Waals surface area contributed by atoms with Gasteiger partial charge in [-0.25, -0.2) is 0 Å². The zero-order valence-electron chi connectivity index (χ0n) is 12.8. The fraction of sp³-hybridized carbons (Fsp3) is 0.533. The van der Waals surface area contributed by atoms with Gasteiger partial charge in [0.2, 0.25) is 11.7 Å². The minimum absolute atomic E-state index is 0.213. The van der Waals surface area contributed by atoms with Crippen LogP contribution in [0, 0.1) is 5.92 Å². The van der Waals surface area contributed by atoms with E-state index >= 15 is 0 Å². The molecule has 0 saturated heterocycles. The molecular weight excluding hydrogens is 382 g/mol. The van der Waals surface area contributed by atoms with Crippen molar-refractivity contribution in [3.8, 4) is 10.7 Å². The largest absolute Gasteiger partial charge is 0.465 e. The van der Waals surface area contributed by atoms with E-state index in [0.29, 0.717) is 30.8 Å². The first-order valence-corrected chi connectivity index (χ1v) is 9.21. The smallest absolute Gasteiger partial charge is 0.320 e. The molecule has 0 amide bonds. The van der Waals surface area contributed by atoms with Gasteiger partial charge in [0, 0.05) is 6.54 Å². The maximum absolute atomic E-state index is 11.7. The van der Waals surface area contributed by atoms with Gasteiger partial charge < -0.3 is 9.26 Å². The van der Waals surface area contributed by atoms with Crippen molar-refractivity contribution >= 4 is 33.2 Å². The summed E-state index contributed by atoms with van der Waals surface area (Å²) in [7, 11) is 0. The molecule has 0 N–H and O–H groups in total. The highest BCUT2D eigenvalue weighted by Gasteiger charge is 2.26. The van der Waals surface area contributed by atoms with Gasteiger partial charge in [-0.2, -0.15) is 4.98 Å². The molecule has 1 aliphatic carbocycles. The van der Waals surface area contributed by atoms with Gasteiger partial charge in [-0.1, -0.05) is 5.16 Å². The van der Waals surface area contributed by atoms with Crippen LogP contribution in [0.4, 0.5) is 0 Å². The summed E-state index contributed by atoms with van der Waals surface area (Å²) in [6.45, 7) is 3.79. The molecule has 23 heavy (non-hydrogen) atoms. The van der Waals surface area contributed by atoms with Crippen molar-refractivity contribution in [3.63, 3.8) is 0 Å². The summed E-state index contributed by atoms with van der Waals surface area (Å²) in [6.07, 6.45) is 2.44. The SMILES string of the molecule is CCOC(=O)CN(Cc1nc(-c2ccc(Br)s2)no1)CC1CC1. The Morgan fingerprint density at radius 2 is 2.35 bits per heavy atom. The number of aromatic nitrogens is 2. The molecule has 2 aromatic rings. The highest BCUT2D eigenvalue weighted by Crippen LogP contribution is 2.31. The molecule has 0 aliphatic heterocycles. The summed E-state index contributed by atoms with van der Waals surface area (Å²) in [5.74, 6) is 1.56. The molecule has 3 rings (SSSR count). The lowest BCUT2D eigenvalue weighted by atomic mass is 10.3. The first kappa shape index (κ1) is 16.6. The van der Waals surface area contributed by atoms with Crippen molar-refractivity contribution in [1.29, 1.82) is 0 Å². The number of nitrogens with zero attached hydrogens (tertiary/aromatic N) is 3. The summed E-state index contributed by atoms with van der Waals surface area (Å²) in [6, 6.07) is 3.90. The van der Waals surface area contributed by atoms with Crippen LogP contribution >= 0.6 is 27.3 Å². The number of ether oxygens (including phenoxy) is 1. The standard InChI is InChI=1S/C15H18BrN3O3S/c1-2-21-14(20)9-19(7-10-3-4-10)8-13-17-15(18-22-13)11-5-6-12(16)23-11/h5-6,10H,2-4,7-9H2,1H3. The highest BCUT2D eigenvalue weighted by atomic mass is 79.9. The fourth-order valence-electron chi connectivity index (χ4n) is 2.28. The molecule has 0 atom stereocenters. The number of rotatable bonds is 8. The van der Waals surface area contributed by atoms with Crippen LogP contribution in [0.2, 0.25) is 0 Å². The topological polar surface area (TPSA) is 68.5 Å². The molecule has 0 radical (unpaired) electrons. The molecule has 8 heteroatoms. The van der Waals surface area contributed by atoms with Gasteiger partial charge in [-0.15, -0.1) is 11.3 Å². The van der Waals surface area contributed by atoms with Crippen molar-refractivity contribution in [1.82, 2.24) is 15.0 Å². The van der Waals surface area contributed by atoms with Gasteiger partial charge in [0.15, 0.2) is 0 Å². The van der Waals surface area contributed by atoms with E-state index in [1.807, 2.05) is 24.0 Å². The first-order chi connectivity index (χ1) is 11.1. The van der Waals surface area contributed by atoms with Crippen molar-refractivity contribution in [2.24, 2.45) is 5.92 Å². The summed E-state index contributed by atoms with van der Waals surface area (Å²) < 4.78 is 11.4. The van der Waals surface area contributed by atoms with Crippen LogP contribution in [0.3, 0.4) is 0 Å². The Morgan fingerprint density at radius 3 is 3.00 bits per heavy atom. The number of thiophene rings is 1. The molecule has 0 aromatic carbocycles. The number of carbonyl (C=O) groups excluding carboxylic acids is 1. The minimum Gasteiger partial charge on any atom is -0.465 e. The Labute approximate surface area is 146 Å². The van der Waals surface area contributed by atoms with Crippen LogP contribution in [0.1, 0.15) is 25.7 Å². The van der Waals surface area contributed by atoms with Crippen LogP contribution in [-0.4, -0.2) is 40.7 Å². The van der Waals surface area contributed by atoms with E-state index in [-0.39, 0.29) is 12.5 Å². The molecular formula is C15H18BrN3O3S. The number of carbonyl (C=O) groups is 1. The van der Waals surface area contributed by atoms with Gasteiger partial charge in [-0.05, 0) is 53.7 Å². The van der Waals surface area contributed by atoms with Crippen molar-refractivity contribution in [2.75, 3.05) is 19.7 Å². The molecule has 1 fully saturated rings. The zero-order valence-corrected chi connectivity index (χ0v) is 15.2. The zero-order chi connectivity index (χ0) is 16.2. The van der Waals surface area contributed by atoms with E-state index in [9.17, 15) is 4.79 Å². The second kappa shape index (κ2) is 7.55. The van der Waals surface area contributed by atoms with Gasteiger partial charge in [0.1, 0.15) is 0 Å². The van der Waals surface area contributed by atoms with E-state index in [0.717, 1.165) is 15.2 Å². The average molecular weight is 400 g/mol. The Hall–Kier alpha value is -1.25. The summed E-state index contributed by atoms with van der Waals surface area (Å²) in [5, 5.41) is 4.02. The van der Waals surface area contributed by atoms with Crippen molar-refractivity contribution < 1.29 is 14.1 Å². The number of hydrogen-bond donors (Lipinski definition) is 0. The second-order valence-corrected chi connectivity index (χ2v) is 8.00. The van der Waals surface area contributed by atoms with Crippen molar-refractivity contribution in [2.45, 2.75) is 26.3 Å². The van der Waals surface area contributed by atoms with E-state index < -0.39 is 0 Å². The third-order valence-electron chi connectivity index (χ3n) is 3.49. The maximum Gasteiger partial charge on any atom is 0.320 e. The lowest BCUT2D eigenvalue weighted by Crippen LogP contribution is -2.32. The lowest BCUT2D eigenvalue weighted by molar-refractivity contribution is -0.144. The molecule has 124 valence electrons. The van der Waals surface area contributed by atoms with Crippen LogP contribution in [-0.2, 0) is 16.1 Å². The summed E-state index contributed by atoms with van der Waals surface area (Å²) in [5.41, 5.74) is 0. The molecule has 6 nitrogen and oxygen atoms in total.